The molecule has 0 aliphatic heterocycles. The molecule has 0 saturated heterocycles. The Labute approximate surface area is 136 Å². The van der Waals surface area contributed by atoms with Crippen LogP contribution in [0.4, 0.5) is 0 Å². The average molecular weight is 334 g/mol. The molecular weight excluding hydrogens is 312 g/mol. The summed E-state index contributed by atoms with van der Waals surface area (Å²) in [4.78, 5) is 12.2. The first-order chi connectivity index (χ1) is 11.0. The monoisotopic (exact) mass is 334 g/mol. The van der Waals surface area contributed by atoms with Gasteiger partial charge in [0.1, 0.15) is 5.82 Å². The van der Waals surface area contributed by atoms with Crippen molar-refractivity contribution in [1.82, 2.24) is 19.5 Å². The second kappa shape index (κ2) is 6.39. The maximum Gasteiger partial charge on any atom is 0.247 e. The summed E-state index contributed by atoms with van der Waals surface area (Å²) in [5, 5.41) is -0.0946. The van der Waals surface area contributed by atoms with Crippen LogP contribution in [0.15, 0.2) is 36.0 Å². The normalized spacial score (nSPS) is 17.8. The van der Waals surface area contributed by atoms with Crippen LogP contribution in [0.5, 0.6) is 0 Å². The van der Waals surface area contributed by atoms with Gasteiger partial charge in [0.05, 0.1) is 5.75 Å². The Morgan fingerprint density at radius 2 is 1.87 bits per heavy atom. The predicted octanol–water partition coefficient (Wildman–Crippen LogP) is 2.30. The summed E-state index contributed by atoms with van der Waals surface area (Å²) in [6, 6.07) is 1.67. The number of hydrogen-bond donors (Lipinski definition) is 0. The van der Waals surface area contributed by atoms with Gasteiger partial charge in [0.25, 0.3) is 0 Å². The molecule has 7 heteroatoms. The molecule has 0 aromatic carbocycles. The van der Waals surface area contributed by atoms with Gasteiger partial charge < -0.3 is 4.57 Å². The van der Waals surface area contributed by atoms with Crippen LogP contribution in [-0.4, -0.2) is 33.7 Å². The van der Waals surface area contributed by atoms with E-state index in [-0.39, 0.29) is 22.9 Å². The Bertz CT molecular complexity index is 753. The summed E-state index contributed by atoms with van der Waals surface area (Å²) < 4.78 is 27.0. The average Bonchev–Trinajstić information content (AvgIpc) is 3.23. The van der Waals surface area contributed by atoms with Crippen molar-refractivity contribution in [3.8, 4) is 0 Å². The molecule has 2 atom stereocenters. The fourth-order valence-corrected chi connectivity index (χ4v) is 4.30. The number of nitrogens with zero attached hydrogens (tertiary/aromatic N) is 4. The predicted molar refractivity (Wildman–Crippen MR) is 86.6 cm³/mol. The van der Waals surface area contributed by atoms with E-state index in [9.17, 15) is 8.42 Å². The molecule has 2 aromatic heterocycles. The summed E-state index contributed by atoms with van der Waals surface area (Å²) in [5.74, 6) is 1.77. The molecular formula is C16H22N4O2S. The van der Waals surface area contributed by atoms with Crippen LogP contribution in [0.1, 0.15) is 38.6 Å². The molecule has 3 rings (SSSR count). The van der Waals surface area contributed by atoms with Crippen molar-refractivity contribution in [2.45, 2.75) is 44.3 Å². The first-order valence-corrected chi connectivity index (χ1v) is 9.64. The molecule has 0 radical (unpaired) electrons. The molecule has 1 aliphatic carbocycles. The summed E-state index contributed by atoms with van der Waals surface area (Å²) in [7, 11) is -3.48. The SMILES string of the molecule is CC(CS(=O)(=O)c1ncccn1)C(C)n1ccnc1CC1CC1. The molecule has 0 spiro atoms. The molecule has 2 heterocycles. The van der Waals surface area contributed by atoms with Crippen molar-refractivity contribution < 1.29 is 8.42 Å². The van der Waals surface area contributed by atoms with E-state index in [1.54, 1.807) is 12.3 Å². The maximum atomic E-state index is 12.4. The van der Waals surface area contributed by atoms with Gasteiger partial charge in [-0.3, -0.25) is 0 Å². The van der Waals surface area contributed by atoms with E-state index in [0.717, 1.165) is 18.2 Å². The van der Waals surface area contributed by atoms with E-state index in [2.05, 4.69) is 19.5 Å². The first kappa shape index (κ1) is 16.1. The highest BCUT2D eigenvalue weighted by molar-refractivity contribution is 7.91. The van der Waals surface area contributed by atoms with E-state index in [4.69, 9.17) is 0 Å². The summed E-state index contributed by atoms with van der Waals surface area (Å²) >= 11 is 0. The number of rotatable bonds is 7. The second-order valence-corrected chi connectivity index (χ2v) is 8.36. The highest BCUT2D eigenvalue weighted by Gasteiger charge is 2.28. The molecule has 0 amide bonds. The summed E-state index contributed by atoms with van der Waals surface area (Å²) in [6.07, 6.45) is 10.2. The number of sulfone groups is 1. The smallest absolute Gasteiger partial charge is 0.247 e. The Hall–Kier alpha value is -1.76. The maximum absolute atomic E-state index is 12.4. The van der Waals surface area contributed by atoms with E-state index in [1.807, 2.05) is 20.0 Å². The highest BCUT2D eigenvalue weighted by Crippen LogP contribution is 2.33. The number of imidazole rings is 1. The fraction of sp³-hybridized carbons (Fsp3) is 0.562. The van der Waals surface area contributed by atoms with Crippen LogP contribution >= 0.6 is 0 Å². The molecule has 23 heavy (non-hydrogen) atoms. The minimum Gasteiger partial charge on any atom is -0.332 e. The molecule has 2 unspecified atom stereocenters. The number of aromatic nitrogens is 4. The molecule has 0 N–H and O–H groups in total. The molecule has 6 nitrogen and oxygen atoms in total. The van der Waals surface area contributed by atoms with Crippen molar-refractivity contribution in [2.75, 3.05) is 5.75 Å². The lowest BCUT2D eigenvalue weighted by molar-refractivity contribution is 0.393. The van der Waals surface area contributed by atoms with Crippen LogP contribution in [0.25, 0.3) is 0 Å². The van der Waals surface area contributed by atoms with Crippen LogP contribution in [0.3, 0.4) is 0 Å². The van der Waals surface area contributed by atoms with Gasteiger partial charge in [-0.1, -0.05) is 6.92 Å². The quantitative estimate of drug-likeness (QED) is 0.726. The molecule has 1 saturated carbocycles. The summed E-state index contributed by atoms with van der Waals surface area (Å²) in [6.45, 7) is 4.00. The van der Waals surface area contributed by atoms with Gasteiger partial charge in [0.2, 0.25) is 15.0 Å². The Morgan fingerprint density at radius 1 is 1.17 bits per heavy atom. The van der Waals surface area contributed by atoms with E-state index in [0.29, 0.717) is 0 Å². The van der Waals surface area contributed by atoms with E-state index < -0.39 is 9.84 Å². The molecule has 0 bridgehead atoms. The van der Waals surface area contributed by atoms with E-state index in [1.165, 1.54) is 25.2 Å². The zero-order valence-corrected chi connectivity index (χ0v) is 14.3. The van der Waals surface area contributed by atoms with Gasteiger partial charge in [0.15, 0.2) is 0 Å². The third kappa shape index (κ3) is 3.77. The van der Waals surface area contributed by atoms with Gasteiger partial charge in [-0.2, -0.15) is 0 Å². The largest absolute Gasteiger partial charge is 0.332 e. The minimum atomic E-state index is -3.48. The van der Waals surface area contributed by atoms with Crippen molar-refractivity contribution in [3.63, 3.8) is 0 Å². The molecule has 124 valence electrons. The van der Waals surface area contributed by atoms with Crippen LogP contribution in [-0.2, 0) is 16.3 Å². The second-order valence-electron chi connectivity index (χ2n) is 6.43. The highest BCUT2D eigenvalue weighted by atomic mass is 32.2. The fourth-order valence-electron chi connectivity index (χ4n) is 2.73. The Balaban J connectivity index is 1.72. The lowest BCUT2D eigenvalue weighted by atomic mass is 10.1. The lowest BCUT2D eigenvalue weighted by Crippen LogP contribution is -2.24. The molecule has 1 aliphatic rings. The third-order valence-electron chi connectivity index (χ3n) is 4.48. The summed E-state index contributed by atoms with van der Waals surface area (Å²) in [5.41, 5.74) is 0. The lowest BCUT2D eigenvalue weighted by Gasteiger charge is -2.23. The Morgan fingerprint density at radius 3 is 2.52 bits per heavy atom. The van der Waals surface area contributed by atoms with Crippen molar-refractivity contribution in [3.05, 3.63) is 36.7 Å². The Kier molecular flexibility index (Phi) is 4.48. The van der Waals surface area contributed by atoms with Crippen molar-refractivity contribution in [2.24, 2.45) is 11.8 Å². The number of hydrogen-bond acceptors (Lipinski definition) is 5. The molecule has 1 fully saturated rings. The standard InChI is InChI=1S/C16H22N4O2S/c1-12(11-23(21,22)16-18-6-3-7-19-16)13(2)20-9-8-17-15(20)10-14-4-5-14/h3,6-9,12-14H,4-5,10-11H2,1-2H3. The van der Waals surface area contributed by atoms with Crippen molar-refractivity contribution >= 4 is 9.84 Å². The van der Waals surface area contributed by atoms with Crippen LogP contribution < -0.4 is 0 Å². The minimum absolute atomic E-state index is 0.0270. The van der Waals surface area contributed by atoms with Crippen LogP contribution in [0, 0.1) is 11.8 Å². The van der Waals surface area contributed by atoms with Crippen LogP contribution in [0.2, 0.25) is 0 Å². The first-order valence-electron chi connectivity index (χ1n) is 7.99. The van der Waals surface area contributed by atoms with Gasteiger partial charge >= 0.3 is 0 Å². The van der Waals surface area contributed by atoms with Gasteiger partial charge in [-0.15, -0.1) is 0 Å². The van der Waals surface area contributed by atoms with Gasteiger partial charge in [0, 0.05) is 37.3 Å². The van der Waals surface area contributed by atoms with Gasteiger partial charge in [-0.05, 0) is 37.7 Å². The zero-order valence-electron chi connectivity index (χ0n) is 13.5. The topological polar surface area (TPSA) is 77.7 Å². The van der Waals surface area contributed by atoms with E-state index >= 15 is 0 Å². The molecule has 2 aromatic rings. The van der Waals surface area contributed by atoms with Crippen molar-refractivity contribution in [1.29, 1.82) is 0 Å². The third-order valence-corrected chi connectivity index (χ3v) is 6.21. The van der Waals surface area contributed by atoms with Gasteiger partial charge in [-0.25, -0.2) is 23.4 Å². The zero-order chi connectivity index (χ0) is 16.4.